The van der Waals surface area contributed by atoms with E-state index in [2.05, 4.69) is 5.32 Å². The quantitative estimate of drug-likeness (QED) is 0.585. The first-order valence-electron chi connectivity index (χ1n) is 5.88. The molecule has 5 nitrogen and oxygen atoms in total. The van der Waals surface area contributed by atoms with Crippen LogP contribution in [-0.4, -0.2) is 58.9 Å². The van der Waals surface area contributed by atoms with Gasteiger partial charge in [-0.05, 0) is 12.8 Å². The molecule has 0 spiro atoms. The van der Waals surface area contributed by atoms with Crippen molar-refractivity contribution in [2.24, 2.45) is 0 Å². The Hall–Kier alpha value is -0.650. The minimum absolute atomic E-state index is 0.00644. The molecular formula is C11H22N2O3. The molecule has 1 heterocycles. The topological polar surface area (TPSA) is 72.8 Å². The van der Waals surface area contributed by atoms with Gasteiger partial charge in [0.1, 0.15) is 0 Å². The fourth-order valence-corrected chi connectivity index (χ4v) is 2.07. The Labute approximate surface area is 96.4 Å². The van der Waals surface area contributed by atoms with Crippen LogP contribution in [0.1, 0.15) is 26.7 Å². The largest absolute Gasteiger partial charge is 0.394 e. The average Bonchev–Trinajstić information content (AvgIpc) is 2.24. The molecule has 1 rings (SSSR count). The number of hydrogen-bond donors (Lipinski definition) is 3. The van der Waals surface area contributed by atoms with Crippen LogP contribution >= 0.6 is 0 Å². The second-order valence-electron chi connectivity index (χ2n) is 4.57. The van der Waals surface area contributed by atoms with Gasteiger partial charge in [0, 0.05) is 12.6 Å². The van der Waals surface area contributed by atoms with E-state index in [0.717, 1.165) is 12.8 Å². The number of piperidine rings is 1. The van der Waals surface area contributed by atoms with Gasteiger partial charge in [-0.25, -0.2) is 0 Å². The Morgan fingerprint density at radius 2 is 2.06 bits per heavy atom. The van der Waals surface area contributed by atoms with Crippen molar-refractivity contribution in [1.82, 2.24) is 10.2 Å². The molecule has 1 aliphatic rings. The summed E-state index contributed by atoms with van der Waals surface area (Å²) in [4.78, 5) is 13.6. The highest BCUT2D eigenvalue weighted by atomic mass is 16.3. The monoisotopic (exact) mass is 230 g/mol. The van der Waals surface area contributed by atoms with E-state index >= 15 is 0 Å². The van der Waals surface area contributed by atoms with Crippen molar-refractivity contribution in [2.45, 2.75) is 44.8 Å². The maximum atomic E-state index is 12.1. The van der Waals surface area contributed by atoms with Crippen molar-refractivity contribution in [3.63, 3.8) is 0 Å². The molecule has 1 atom stereocenters. The third-order valence-electron chi connectivity index (χ3n) is 2.87. The van der Waals surface area contributed by atoms with Gasteiger partial charge in [0.05, 0.1) is 25.3 Å². The van der Waals surface area contributed by atoms with Crippen LogP contribution in [0.5, 0.6) is 0 Å². The summed E-state index contributed by atoms with van der Waals surface area (Å²) in [6.07, 6.45) is 1.74. The Morgan fingerprint density at radius 1 is 1.44 bits per heavy atom. The van der Waals surface area contributed by atoms with Crippen LogP contribution in [0.3, 0.4) is 0 Å². The summed E-state index contributed by atoms with van der Waals surface area (Å²) in [5, 5.41) is 21.4. The second kappa shape index (κ2) is 6.18. The molecule has 3 N–H and O–H groups in total. The van der Waals surface area contributed by atoms with Gasteiger partial charge in [0.2, 0.25) is 5.91 Å². The molecule has 0 aromatic rings. The van der Waals surface area contributed by atoms with Gasteiger partial charge in [0.15, 0.2) is 0 Å². The molecule has 0 saturated carbocycles. The number of hydrogen-bond acceptors (Lipinski definition) is 4. The number of amides is 1. The van der Waals surface area contributed by atoms with Gasteiger partial charge in [-0.2, -0.15) is 0 Å². The van der Waals surface area contributed by atoms with Crippen molar-refractivity contribution in [3.8, 4) is 0 Å². The summed E-state index contributed by atoms with van der Waals surface area (Å²) < 4.78 is 0. The van der Waals surface area contributed by atoms with Gasteiger partial charge < -0.3 is 20.4 Å². The number of aliphatic hydroxyl groups is 2. The van der Waals surface area contributed by atoms with Crippen LogP contribution in [0.25, 0.3) is 0 Å². The molecular weight excluding hydrogens is 208 g/mol. The summed E-state index contributed by atoms with van der Waals surface area (Å²) >= 11 is 0. The predicted molar refractivity (Wildman–Crippen MR) is 61.0 cm³/mol. The van der Waals surface area contributed by atoms with Crippen molar-refractivity contribution < 1.29 is 15.0 Å². The van der Waals surface area contributed by atoms with Crippen molar-refractivity contribution in [3.05, 3.63) is 0 Å². The van der Waals surface area contributed by atoms with Crippen molar-refractivity contribution in [1.29, 1.82) is 0 Å². The SMILES string of the molecule is CC(C)NC1CCCN(C(CO)CO)C1=O. The highest BCUT2D eigenvalue weighted by Gasteiger charge is 2.32. The summed E-state index contributed by atoms with van der Waals surface area (Å²) in [6, 6.07) is -0.366. The van der Waals surface area contributed by atoms with Gasteiger partial charge in [-0.1, -0.05) is 13.8 Å². The molecule has 16 heavy (non-hydrogen) atoms. The zero-order chi connectivity index (χ0) is 12.1. The van der Waals surface area contributed by atoms with Gasteiger partial charge in [-0.15, -0.1) is 0 Å². The summed E-state index contributed by atoms with van der Waals surface area (Å²) in [5.74, 6) is -0.00644. The maximum Gasteiger partial charge on any atom is 0.240 e. The Kier molecular flexibility index (Phi) is 5.18. The molecule has 0 bridgehead atoms. The summed E-state index contributed by atoms with van der Waals surface area (Å²) in [7, 11) is 0. The molecule has 1 fully saturated rings. The van der Waals surface area contributed by atoms with Crippen LogP contribution in [0.2, 0.25) is 0 Å². The first-order chi connectivity index (χ1) is 7.60. The lowest BCUT2D eigenvalue weighted by Gasteiger charge is -2.37. The summed E-state index contributed by atoms with van der Waals surface area (Å²) in [6.45, 7) is 4.26. The van der Waals surface area contributed by atoms with Crippen LogP contribution in [0, 0.1) is 0 Å². The molecule has 0 aliphatic carbocycles. The van der Waals surface area contributed by atoms with E-state index in [1.165, 1.54) is 0 Å². The van der Waals surface area contributed by atoms with E-state index in [1.54, 1.807) is 4.90 Å². The number of rotatable bonds is 5. The fourth-order valence-electron chi connectivity index (χ4n) is 2.07. The molecule has 1 amide bonds. The van der Waals surface area contributed by atoms with Crippen LogP contribution in [0.4, 0.5) is 0 Å². The first kappa shape index (κ1) is 13.4. The fraction of sp³-hybridized carbons (Fsp3) is 0.909. The Morgan fingerprint density at radius 3 is 2.56 bits per heavy atom. The molecule has 0 aromatic heterocycles. The molecule has 0 aromatic carbocycles. The van der Waals surface area contributed by atoms with Gasteiger partial charge in [0.25, 0.3) is 0 Å². The third-order valence-corrected chi connectivity index (χ3v) is 2.87. The number of nitrogens with zero attached hydrogens (tertiary/aromatic N) is 1. The van der Waals surface area contributed by atoms with E-state index in [-0.39, 0.29) is 31.2 Å². The van der Waals surface area contributed by atoms with Crippen molar-refractivity contribution >= 4 is 5.91 Å². The molecule has 94 valence electrons. The minimum Gasteiger partial charge on any atom is -0.394 e. The number of carbonyl (C=O) groups excluding carboxylic acids is 1. The number of likely N-dealkylation sites (tertiary alicyclic amines) is 1. The Balaban J connectivity index is 2.63. The zero-order valence-electron chi connectivity index (χ0n) is 10.0. The minimum atomic E-state index is -0.454. The molecule has 0 radical (unpaired) electrons. The normalized spacial score (nSPS) is 22.2. The van der Waals surface area contributed by atoms with Crippen LogP contribution < -0.4 is 5.32 Å². The zero-order valence-corrected chi connectivity index (χ0v) is 10.0. The predicted octanol–water partition coefficient (Wildman–Crippen LogP) is -0.671. The molecule has 1 aliphatic heterocycles. The highest BCUT2D eigenvalue weighted by molar-refractivity contribution is 5.83. The molecule has 1 saturated heterocycles. The van der Waals surface area contributed by atoms with E-state index in [0.29, 0.717) is 6.54 Å². The van der Waals surface area contributed by atoms with E-state index in [9.17, 15) is 4.79 Å². The van der Waals surface area contributed by atoms with E-state index < -0.39 is 6.04 Å². The van der Waals surface area contributed by atoms with E-state index in [1.807, 2.05) is 13.8 Å². The van der Waals surface area contributed by atoms with Crippen LogP contribution in [0.15, 0.2) is 0 Å². The lowest BCUT2D eigenvalue weighted by molar-refractivity contribution is -0.140. The average molecular weight is 230 g/mol. The van der Waals surface area contributed by atoms with E-state index in [4.69, 9.17) is 10.2 Å². The molecule has 5 heteroatoms. The lowest BCUT2D eigenvalue weighted by Crippen LogP contribution is -2.57. The van der Waals surface area contributed by atoms with Crippen molar-refractivity contribution in [2.75, 3.05) is 19.8 Å². The number of carbonyl (C=O) groups is 1. The number of nitrogens with one attached hydrogen (secondary N) is 1. The molecule has 1 unspecified atom stereocenters. The smallest absolute Gasteiger partial charge is 0.240 e. The first-order valence-corrected chi connectivity index (χ1v) is 5.88. The number of aliphatic hydroxyl groups excluding tert-OH is 2. The van der Waals surface area contributed by atoms with Crippen LogP contribution in [-0.2, 0) is 4.79 Å². The Bertz CT molecular complexity index is 229. The standard InChI is InChI=1S/C11H22N2O3/c1-8(2)12-10-4-3-5-13(11(10)16)9(6-14)7-15/h8-10,12,14-15H,3-7H2,1-2H3. The second-order valence-corrected chi connectivity index (χ2v) is 4.57. The third kappa shape index (κ3) is 3.17. The van der Waals surface area contributed by atoms with Gasteiger partial charge in [-0.3, -0.25) is 4.79 Å². The summed E-state index contributed by atoms with van der Waals surface area (Å²) in [5.41, 5.74) is 0. The van der Waals surface area contributed by atoms with Gasteiger partial charge >= 0.3 is 0 Å². The lowest BCUT2D eigenvalue weighted by atomic mass is 10.0. The highest BCUT2D eigenvalue weighted by Crippen LogP contribution is 2.15. The maximum absolute atomic E-state index is 12.1.